The molecule has 11 heteroatoms. The van der Waals surface area contributed by atoms with Gasteiger partial charge in [0.1, 0.15) is 5.01 Å². The lowest BCUT2D eigenvalue weighted by Crippen LogP contribution is -2.22. The molecule has 3 aromatic rings. The number of hydrogen-bond acceptors (Lipinski definition) is 9. The number of fused-ring (bicyclic) bond motifs is 1. The Hall–Kier alpha value is -2.92. The zero-order chi connectivity index (χ0) is 20.4. The molecule has 0 unspecified atom stereocenters. The Balaban J connectivity index is 1.54. The van der Waals surface area contributed by atoms with Crippen LogP contribution >= 0.6 is 23.1 Å². The highest BCUT2D eigenvalue weighted by Gasteiger charge is 2.22. The lowest BCUT2D eigenvalue weighted by atomic mass is 10.2. The van der Waals surface area contributed by atoms with Crippen molar-refractivity contribution >= 4 is 34.1 Å². The number of amides is 1. The molecule has 150 valence electrons. The van der Waals surface area contributed by atoms with Crippen LogP contribution in [0.1, 0.15) is 11.9 Å². The van der Waals surface area contributed by atoms with Gasteiger partial charge in [-0.3, -0.25) is 14.7 Å². The molecule has 1 atom stereocenters. The fourth-order valence-electron chi connectivity index (χ4n) is 2.68. The molecular formula is C18H18N6O3S2. The van der Waals surface area contributed by atoms with Crippen LogP contribution < -0.4 is 14.8 Å². The second kappa shape index (κ2) is 8.21. The highest BCUT2D eigenvalue weighted by Crippen LogP contribution is 2.36. The van der Waals surface area contributed by atoms with Crippen molar-refractivity contribution in [2.45, 2.75) is 30.8 Å². The number of nitrogens with one attached hydrogen (secondary N) is 1. The van der Waals surface area contributed by atoms with E-state index in [1.165, 1.54) is 23.1 Å². The second-order valence-corrected chi connectivity index (χ2v) is 8.64. The van der Waals surface area contributed by atoms with E-state index < -0.39 is 5.25 Å². The predicted molar refractivity (Wildman–Crippen MR) is 110 cm³/mol. The molecule has 1 N–H and O–H groups in total. The van der Waals surface area contributed by atoms with E-state index in [-0.39, 0.29) is 12.7 Å². The summed E-state index contributed by atoms with van der Waals surface area (Å²) in [5.41, 5.74) is 0.844. The summed E-state index contributed by atoms with van der Waals surface area (Å²) in [6.07, 6.45) is 1.76. The van der Waals surface area contributed by atoms with Crippen molar-refractivity contribution < 1.29 is 14.3 Å². The summed E-state index contributed by atoms with van der Waals surface area (Å²) in [6.45, 7) is 8.17. The van der Waals surface area contributed by atoms with Gasteiger partial charge in [0, 0.05) is 12.1 Å². The average Bonchev–Trinajstić information content (AvgIpc) is 3.42. The number of carbonyl (C=O) groups is 1. The van der Waals surface area contributed by atoms with Crippen LogP contribution in [0.5, 0.6) is 11.5 Å². The Morgan fingerprint density at radius 1 is 1.34 bits per heavy atom. The highest BCUT2D eigenvalue weighted by atomic mass is 32.2. The zero-order valence-corrected chi connectivity index (χ0v) is 17.4. The number of benzene rings is 1. The largest absolute Gasteiger partial charge is 0.454 e. The molecule has 1 aliphatic heterocycles. The number of rotatable bonds is 7. The van der Waals surface area contributed by atoms with Crippen LogP contribution in [0.25, 0.3) is 11.4 Å². The number of aryl methyl sites for hydroxylation is 1. The second-order valence-electron chi connectivity index (χ2n) is 6.15. The molecule has 1 aliphatic rings. The van der Waals surface area contributed by atoms with Gasteiger partial charge in [0.2, 0.25) is 17.8 Å². The van der Waals surface area contributed by atoms with Gasteiger partial charge in [0.25, 0.3) is 0 Å². The predicted octanol–water partition coefficient (Wildman–Crippen LogP) is 3.14. The molecule has 3 heterocycles. The molecule has 1 amide bonds. The number of aromatic nitrogens is 5. The Kier molecular flexibility index (Phi) is 5.49. The number of hydrogen-bond donors (Lipinski definition) is 1. The van der Waals surface area contributed by atoms with Crippen molar-refractivity contribution in [3.8, 4) is 22.9 Å². The summed E-state index contributed by atoms with van der Waals surface area (Å²) in [6, 6.07) is 5.62. The van der Waals surface area contributed by atoms with Gasteiger partial charge < -0.3 is 9.47 Å². The van der Waals surface area contributed by atoms with E-state index >= 15 is 0 Å². The summed E-state index contributed by atoms with van der Waals surface area (Å²) in [7, 11) is 0. The number of anilines is 1. The Bertz CT molecular complexity index is 1060. The lowest BCUT2D eigenvalue weighted by Gasteiger charge is -2.12. The molecule has 0 spiro atoms. The van der Waals surface area contributed by atoms with E-state index in [2.05, 4.69) is 32.3 Å². The van der Waals surface area contributed by atoms with Crippen LogP contribution in [-0.4, -0.2) is 42.9 Å². The maximum atomic E-state index is 12.5. The van der Waals surface area contributed by atoms with Gasteiger partial charge in [-0.25, -0.2) is 0 Å². The SMILES string of the molecule is C=CCn1c(S[C@H](C)C(=O)Nc2nnc(C)s2)nnc1-c1ccc2c(c1)OCO2. The van der Waals surface area contributed by atoms with E-state index in [1.807, 2.05) is 29.7 Å². The molecule has 9 nitrogen and oxygen atoms in total. The van der Waals surface area contributed by atoms with Gasteiger partial charge >= 0.3 is 0 Å². The fraction of sp³-hybridized carbons (Fsp3) is 0.278. The maximum Gasteiger partial charge on any atom is 0.239 e. The van der Waals surface area contributed by atoms with Crippen LogP contribution in [0, 0.1) is 6.92 Å². The Labute approximate surface area is 175 Å². The molecule has 2 aromatic heterocycles. The third kappa shape index (κ3) is 4.10. The van der Waals surface area contributed by atoms with Crippen molar-refractivity contribution in [1.82, 2.24) is 25.0 Å². The molecule has 0 saturated carbocycles. The molecule has 4 rings (SSSR count). The number of nitrogens with zero attached hydrogens (tertiary/aromatic N) is 5. The quantitative estimate of drug-likeness (QED) is 0.450. The van der Waals surface area contributed by atoms with E-state index in [0.29, 0.717) is 34.2 Å². The molecule has 0 radical (unpaired) electrons. The van der Waals surface area contributed by atoms with Crippen molar-refractivity contribution in [2.24, 2.45) is 0 Å². The van der Waals surface area contributed by atoms with Gasteiger partial charge in [0.15, 0.2) is 22.5 Å². The number of allylic oxidation sites excluding steroid dienone is 1. The minimum Gasteiger partial charge on any atom is -0.454 e. The summed E-state index contributed by atoms with van der Waals surface area (Å²) >= 11 is 2.65. The van der Waals surface area contributed by atoms with E-state index in [0.717, 1.165) is 10.6 Å². The number of thioether (sulfide) groups is 1. The summed E-state index contributed by atoms with van der Waals surface area (Å²) < 4.78 is 12.7. The third-order valence-electron chi connectivity index (χ3n) is 4.07. The average molecular weight is 431 g/mol. The number of ether oxygens (including phenoxy) is 2. The van der Waals surface area contributed by atoms with Gasteiger partial charge in [-0.2, -0.15) is 0 Å². The monoisotopic (exact) mass is 430 g/mol. The molecular weight excluding hydrogens is 412 g/mol. The van der Waals surface area contributed by atoms with Crippen LogP contribution in [0.3, 0.4) is 0 Å². The molecule has 0 aliphatic carbocycles. The first-order valence-electron chi connectivity index (χ1n) is 8.77. The zero-order valence-electron chi connectivity index (χ0n) is 15.8. The van der Waals surface area contributed by atoms with Crippen molar-refractivity contribution in [3.05, 3.63) is 35.9 Å². The van der Waals surface area contributed by atoms with Crippen LogP contribution in [0.2, 0.25) is 0 Å². The molecule has 0 bridgehead atoms. The molecule has 29 heavy (non-hydrogen) atoms. The van der Waals surface area contributed by atoms with Crippen molar-refractivity contribution in [3.63, 3.8) is 0 Å². The first-order valence-corrected chi connectivity index (χ1v) is 10.5. The Morgan fingerprint density at radius 2 is 2.17 bits per heavy atom. The van der Waals surface area contributed by atoms with Crippen LogP contribution in [-0.2, 0) is 11.3 Å². The van der Waals surface area contributed by atoms with E-state index in [9.17, 15) is 4.79 Å². The topological polar surface area (TPSA) is 104 Å². The standard InChI is InChI=1S/C18H18N6O3S2/c1-4-7-24-15(12-5-6-13-14(8-12)27-9-26-13)21-23-18(24)28-10(2)16(25)19-17-22-20-11(3)29-17/h4-6,8,10H,1,7,9H2,2-3H3,(H,19,22,25)/t10-/m1/s1. The normalized spacial score (nSPS) is 13.3. The van der Waals surface area contributed by atoms with Gasteiger partial charge in [-0.1, -0.05) is 29.2 Å². The van der Waals surface area contributed by atoms with Gasteiger partial charge in [0.05, 0.1) is 5.25 Å². The first-order chi connectivity index (χ1) is 14.0. The first kappa shape index (κ1) is 19.4. The van der Waals surface area contributed by atoms with Crippen LogP contribution in [0.15, 0.2) is 36.0 Å². The van der Waals surface area contributed by atoms with Crippen molar-refractivity contribution in [1.29, 1.82) is 0 Å². The van der Waals surface area contributed by atoms with Crippen molar-refractivity contribution in [2.75, 3.05) is 12.1 Å². The third-order valence-corrected chi connectivity index (χ3v) is 5.90. The fourth-order valence-corrected chi connectivity index (χ4v) is 4.14. The van der Waals surface area contributed by atoms with E-state index in [1.54, 1.807) is 13.0 Å². The summed E-state index contributed by atoms with van der Waals surface area (Å²) in [5.74, 6) is 1.86. The maximum absolute atomic E-state index is 12.5. The van der Waals surface area contributed by atoms with Gasteiger partial charge in [-0.05, 0) is 32.0 Å². The minimum atomic E-state index is -0.406. The minimum absolute atomic E-state index is 0.177. The summed E-state index contributed by atoms with van der Waals surface area (Å²) in [5, 5.41) is 20.7. The molecule has 1 aromatic carbocycles. The smallest absolute Gasteiger partial charge is 0.239 e. The van der Waals surface area contributed by atoms with Gasteiger partial charge in [-0.15, -0.1) is 27.0 Å². The molecule has 0 fully saturated rings. The van der Waals surface area contributed by atoms with E-state index in [4.69, 9.17) is 9.47 Å². The Morgan fingerprint density at radius 3 is 2.93 bits per heavy atom. The summed E-state index contributed by atoms with van der Waals surface area (Å²) in [4.78, 5) is 12.5. The molecule has 0 saturated heterocycles. The highest BCUT2D eigenvalue weighted by molar-refractivity contribution is 8.00. The lowest BCUT2D eigenvalue weighted by molar-refractivity contribution is -0.115. The van der Waals surface area contributed by atoms with Crippen LogP contribution in [0.4, 0.5) is 5.13 Å². The number of carbonyl (C=O) groups excluding carboxylic acids is 1.